The topological polar surface area (TPSA) is 44.1 Å². The minimum Gasteiger partial charge on any atom is -0.344 e. The lowest BCUT2D eigenvalue weighted by Gasteiger charge is -2.18. The molecule has 0 aliphatic heterocycles. The van der Waals surface area contributed by atoms with Gasteiger partial charge >= 0.3 is 0 Å². The van der Waals surface area contributed by atoms with Crippen molar-refractivity contribution >= 4 is 5.91 Å². The first-order chi connectivity index (χ1) is 8.43. The summed E-state index contributed by atoms with van der Waals surface area (Å²) in [5, 5.41) is 8.73. The van der Waals surface area contributed by atoms with Crippen LogP contribution in [0.15, 0.2) is 18.2 Å². The summed E-state index contributed by atoms with van der Waals surface area (Å²) >= 11 is 0. The van der Waals surface area contributed by atoms with E-state index in [2.05, 4.69) is 19.1 Å². The molecule has 0 saturated heterocycles. The van der Waals surface area contributed by atoms with Gasteiger partial charge in [-0.05, 0) is 37.5 Å². The standard InChI is InChI=1S/C15H20N2O/c1-11(9-16)10-17(4)15(18)8-14-6-5-12(2)13(3)7-14/h5-7,11H,8,10H2,1-4H3. The van der Waals surface area contributed by atoms with Crippen LogP contribution >= 0.6 is 0 Å². The Labute approximate surface area is 109 Å². The number of aryl methyl sites for hydroxylation is 2. The lowest BCUT2D eigenvalue weighted by molar-refractivity contribution is -0.129. The zero-order valence-electron chi connectivity index (χ0n) is 11.5. The number of benzene rings is 1. The Kier molecular flexibility index (Phi) is 4.91. The summed E-state index contributed by atoms with van der Waals surface area (Å²) in [5.74, 6) is -0.0703. The van der Waals surface area contributed by atoms with E-state index < -0.39 is 0 Å². The zero-order valence-corrected chi connectivity index (χ0v) is 11.5. The fourth-order valence-electron chi connectivity index (χ4n) is 1.78. The third-order valence-corrected chi connectivity index (χ3v) is 3.12. The molecule has 1 aromatic rings. The Morgan fingerprint density at radius 2 is 2.06 bits per heavy atom. The predicted molar refractivity (Wildman–Crippen MR) is 72.0 cm³/mol. The molecule has 96 valence electrons. The molecule has 0 fully saturated rings. The molecular formula is C15H20N2O. The zero-order chi connectivity index (χ0) is 13.7. The number of hydrogen-bond donors (Lipinski definition) is 0. The average Bonchev–Trinajstić information content (AvgIpc) is 2.33. The van der Waals surface area contributed by atoms with Crippen molar-refractivity contribution in [3.8, 4) is 6.07 Å². The number of nitriles is 1. The Bertz CT molecular complexity index is 474. The molecule has 3 heteroatoms. The van der Waals surface area contributed by atoms with Gasteiger partial charge in [-0.3, -0.25) is 4.79 Å². The molecule has 0 bridgehead atoms. The van der Waals surface area contributed by atoms with Gasteiger partial charge in [0.05, 0.1) is 18.4 Å². The van der Waals surface area contributed by atoms with Crippen molar-refractivity contribution in [2.75, 3.05) is 13.6 Å². The molecule has 1 unspecified atom stereocenters. The van der Waals surface area contributed by atoms with Crippen LogP contribution in [0.3, 0.4) is 0 Å². The summed E-state index contributed by atoms with van der Waals surface area (Å²) in [7, 11) is 1.75. The molecule has 0 aromatic heterocycles. The normalized spacial score (nSPS) is 11.7. The van der Waals surface area contributed by atoms with E-state index in [1.807, 2.05) is 26.0 Å². The summed E-state index contributed by atoms with van der Waals surface area (Å²) in [6.07, 6.45) is 0.399. The Balaban J connectivity index is 2.64. The average molecular weight is 244 g/mol. The maximum atomic E-state index is 12.0. The van der Waals surface area contributed by atoms with Crippen LogP contribution in [-0.2, 0) is 11.2 Å². The number of rotatable bonds is 4. The molecule has 1 rings (SSSR count). The number of amides is 1. The largest absolute Gasteiger partial charge is 0.344 e. The van der Waals surface area contributed by atoms with Crippen LogP contribution in [0.5, 0.6) is 0 Å². The molecule has 0 N–H and O–H groups in total. The molecule has 3 nitrogen and oxygen atoms in total. The second-order valence-corrected chi connectivity index (χ2v) is 4.90. The first-order valence-electron chi connectivity index (χ1n) is 6.13. The second-order valence-electron chi connectivity index (χ2n) is 4.90. The molecule has 1 amide bonds. The minimum absolute atomic E-state index is 0.0559. The van der Waals surface area contributed by atoms with Gasteiger partial charge in [0.15, 0.2) is 0 Å². The van der Waals surface area contributed by atoms with Gasteiger partial charge in [-0.1, -0.05) is 18.2 Å². The molecule has 0 aliphatic carbocycles. The molecular weight excluding hydrogens is 224 g/mol. The summed E-state index contributed by atoms with van der Waals surface area (Å²) in [4.78, 5) is 13.6. The Morgan fingerprint density at radius 1 is 1.39 bits per heavy atom. The maximum absolute atomic E-state index is 12.0. The summed E-state index contributed by atoms with van der Waals surface area (Å²) in [5.41, 5.74) is 3.46. The predicted octanol–water partition coefficient (Wildman–Crippen LogP) is 2.46. The summed E-state index contributed by atoms with van der Waals surface area (Å²) in [6, 6.07) is 8.21. The van der Waals surface area contributed by atoms with E-state index in [0.29, 0.717) is 13.0 Å². The molecule has 0 heterocycles. The highest BCUT2D eigenvalue weighted by atomic mass is 16.2. The summed E-state index contributed by atoms with van der Waals surface area (Å²) < 4.78 is 0. The van der Waals surface area contributed by atoms with E-state index >= 15 is 0 Å². The lowest BCUT2D eigenvalue weighted by Crippen LogP contribution is -2.31. The number of hydrogen-bond acceptors (Lipinski definition) is 2. The fraction of sp³-hybridized carbons (Fsp3) is 0.467. The van der Waals surface area contributed by atoms with E-state index in [1.165, 1.54) is 11.1 Å². The highest BCUT2D eigenvalue weighted by Crippen LogP contribution is 2.11. The van der Waals surface area contributed by atoms with Gasteiger partial charge in [0.25, 0.3) is 0 Å². The Morgan fingerprint density at radius 3 is 2.61 bits per heavy atom. The first kappa shape index (κ1) is 14.2. The van der Waals surface area contributed by atoms with Crippen LogP contribution < -0.4 is 0 Å². The molecule has 18 heavy (non-hydrogen) atoms. The SMILES string of the molecule is Cc1ccc(CC(=O)N(C)CC(C)C#N)cc1C. The van der Waals surface area contributed by atoms with Crippen LogP contribution in [0.25, 0.3) is 0 Å². The van der Waals surface area contributed by atoms with Gasteiger partial charge in [0.2, 0.25) is 5.91 Å². The van der Waals surface area contributed by atoms with Crippen LogP contribution in [0.1, 0.15) is 23.6 Å². The van der Waals surface area contributed by atoms with Crippen molar-refractivity contribution < 1.29 is 4.79 Å². The van der Waals surface area contributed by atoms with Crippen LogP contribution in [0, 0.1) is 31.1 Å². The van der Waals surface area contributed by atoms with Crippen molar-refractivity contribution in [2.45, 2.75) is 27.2 Å². The van der Waals surface area contributed by atoms with Crippen molar-refractivity contribution in [1.29, 1.82) is 5.26 Å². The number of carbonyl (C=O) groups excluding carboxylic acids is 1. The first-order valence-corrected chi connectivity index (χ1v) is 6.13. The number of carbonyl (C=O) groups is 1. The second kappa shape index (κ2) is 6.20. The van der Waals surface area contributed by atoms with Gasteiger partial charge in [0.1, 0.15) is 0 Å². The quantitative estimate of drug-likeness (QED) is 0.816. The molecule has 0 radical (unpaired) electrons. The van der Waals surface area contributed by atoms with E-state index in [0.717, 1.165) is 5.56 Å². The highest BCUT2D eigenvalue weighted by molar-refractivity contribution is 5.78. The maximum Gasteiger partial charge on any atom is 0.226 e. The van der Waals surface area contributed by atoms with Gasteiger partial charge in [-0.25, -0.2) is 0 Å². The monoisotopic (exact) mass is 244 g/mol. The number of likely N-dealkylation sites (N-methyl/N-ethyl adjacent to an activating group) is 1. The third kappa shape index (κ3) is 3.89. The van der Waals surface area contributed by atoms with Crippen molar-refractivity contribution in [3.05, 3.63) is 34.9 Å². The fourth-order valence-corrected chi connectivity index (χ4v) is 1.78. The number of nitrogens with zero attached hydrogens (tertiary/aromatic N) is 2. The molecule has 0 saturated carbocycles. The third-order valence-electron chi connectivity index (χ3n) is 3.12. The van der Waals surface area contributed by atoms with Crippen LogP contribution in [-0.4, -0.2) is 24.4 Å². The van der Waals surface area contributed by atoms with Crippen molar-refractivity contribution in [2.24, 2.45) is 5.92 Å². The van der Waals surface area contributed by atoms with Gasteiger partial charge in [-0.2, -0.15) is 5.26 Å². The summed E-state index contributed by atoms with van der Waals surface area (Å²) in [6.45, 7) is 6.41. The van der Waals surface area contributed by atoms with E-state index in [1.54, 1.807) is 11.9 Å². The smallest absolute Gasteiger partial charge is 0.226 e. The lowest BCUT2D eigenvalue weighted by atomic mass is 10.0. The van der Waals surface area contributed by atoms with Gasteiger partial charge in [-0.15, -0.1) is 0 Å². The minimum atomic E-state index is -0.126. The van der Waals surface area contributed by atoms with Gasteiger partial charge in [0, 0.05) is 13.6 Å². The molecule has 0 spiro atoms. The highest BCUT2D eigenvalue weighted by Gasteiger charge is 2.12. The van der Waals surface area contributed by atoms with Crippen molar-refractivity contribution in [1.82, 2.24) is 4.90 Å². The molecule has 1 aromatic carbocycles. The molecule has 1 atom stereocenters. The van der Waals surface area contributed by atoms with Gasteiger partial charge < -0.3 is 4.90 Å². The van der Waals surface area contributed by atoms with E-state index in [-0.39, 0.29) is 11.8 Å². The van der Waals surface area contributed by atoms with Crippen LogP contribution in [0.4, 0.5) is 0 Å². The van der Waals surface area contributed by atoms with E-state index in [4.69, 9.17) is 5.26 Å². The van der Waals surface area contributed by atoms with Crippen LogP contribution in [0.2, 0.25) is 0 Å². The van der Waals surface area contributed by atoms with Crippen molar-refractivity contribution in [3.63, 3.8) is 0 Å². The van der Waals surface area contributed by atoms with E-state index in [9.17, 15) is 4.79 Å². The Hall–Kier alpha value is -1.82. The molecule has 0 aliphatic rings.